The first-order valence-electron chi connectivity index (χ1n) is 5.92. The van der Waals surface area contributed by atoms with Crippen LogP contribution in [-0.2, 0) is 11.2 Å². The van der Waals surface area contributed by atoms with Crippen molar-refractivity contribution in [3.63, 3.8) is 0 Å². The van der Waals surface area contributed by atoms with E-state index in [-0.39, 0.29) is 12.7 Å². The number of ether oxygens (including phenoxy) is 1. The average Bonchev–Trinajstić information content (AvgIpc) is 2.38. The smallest absolute Gasteiger partial charge is 0.0949 e. The molecule has 0 aliphatic carbocycles. The van der Waals surface area contributed by atoms with Gasteiger partial charge in [0.15, 0.2) is 0 Å². The summed E-state index contributed by atoms with van der Waals surface area (Å²) in [7, 11) is 0. The predicted molar refractivity (Wildman–Crippen MR) is 63.4 cm³/mol. The van der Waals surface area contributed by atoms with E-state index in [4.69, 9.17) is 9.84 Å². The van der Waals surface area contributed by atoms with Gasteiger partial charge in [0.2, 0.25) is 0 Å². The number of benzene rings is 1. The van der Waals surface area contributed by atoms with Gasteiger partial charge in [0.25, 0.3) is 0 Å². The lowest BCUT2D eigenvalue weighted by Crippen LogP contribution is -2.33. The highest BCUT2D eigenvalue weighted by atomic mass is 16.5. The molecule has 2 N–H and O–H groups in total. The molecule has 0 amide bonds. The zero-order chi connectivity index (χ0) is 11.2. The molecule has 0 saturated carbocycles. The molecule has 2 rings (SSSR count). The van der Waals surface area contributed by atoms with Crippen LogP contribution in [0.1, 0.15) is 23.7 Å². The third-order valence-corrected chi connectivity index (χ3v) is 2.90. The Bertz CT molecular complexity index is 304. The van der Waals surface area contributed by atoms with Crippen molar-refractivity contribution in [2.24, 2.45) is 0 Å². The number of aryl methyl sites for hydroxylation is 1. The Labute approximate surface area is 96.4 Å². The third kappa shape index (κ3) is 3.04. The second-order valence-electron chi connectivity index (χ2n) is 4.13. The standard InChI is InChI=1S/C13H19NO2/c15-8-1-2-11-3-5-12(6-4-11)13-10-14-7-9-16-13/h3-6,13-15H,1-2,7-10H2. The van der Waals surface area contributed by atoms with Crippen LogP contribution in [-0.4, -0.2) is 31.4 Å². The van der Waals surface area contributed by atoms with E-state index in [1.807, 2.05) is 0 Å². The highest BCUT2D eigenvalue weighted by molar-refractivity contribution is 5.24. The summed E-state index contributed by atoms with van der Waals surface area (Å²) in [5.41, 5.74) is 2.52. The molecule has 1 aliphatic rings. The fourth-order valence-electron chi connectivity index (χ4n) is 1.96. The molecular weight excluding hydrogens is 202 g/mol. The third-order valence-electron chi connectivity index (χ3n) is 2.90. The minimum Gasteiger partial charge on any atom is -0.396 e. The molecule has 1 heterocycles. The lowest BCUT2D eigenvalue weighted by molar-refractivity contribution is 0.0277. The van der Waals surface area contributed by atoms with Crippen molar-refractivity contribution in [2.75, 3.05) is 26.3 Å². The predicted octanol–water partition coefficient (Wildman–Crippen LogP) is 1.27. The summed E-state index contributed by atoms with van der Waals surface area (Å²) in [5.74, 6) is 0. The highest BCUT2D eigenvalue weighted by Gasteiger charge is 2.14. The maximum Gasteiger partial charge on any atom is 0.0949 e. The van der Waals surface area contributed by atoms with Gasteiger partial charge in [-0.25, -0.2) is 0 Å². The molecule has 3 heteroatoms. The molecule has 0 aromatic heterocycles. The number of nitrogens with one attached hydrogen (secondary N) is 1. The van der Waals surface area contributed by atoms with Crippen molar-refractivity contribution in [3.05, 3.63) is 35.4 Å². The molecule has 1 aromatic carbocycles. The van der Waals surface area contributed by atoms with Crippen LogP contribution in [0.2, 0.25) is 0 Å². The Morgan fingerprint density at radius 3 is 2.75 bits per heavy atom. The van der Waals surface area contributed by atoms with Gasteiger partial charge in [0.1, 0.15) is 0 Å². The van der Waals surface area contributed by atoms with Gasteiger partial charge in [-0.05, 0) is 24.0 Å². The van der Waals surface area contributed by atoms with Crippen LogP contribution in [0, 0.1) is 0 Å². The van der Waals surface area contributed by atoms with E-state index in [9.17, 15) is 0 Å². The lowest BCUT2D eigenvalue weighted by Gasteiger charge is -2.24. The van der Waals surface area contributed by atoms with E-state index in [2.05, 4.69) is 29.6 Å². The van der Waals surface area contributed by atoms with Crippen LogP contribution in [0.5, 0.6) is 0 Å². The molecule has 1 aliphatic heterocycles. The summed E-state index contributed by atoms with van der Waals surface area (Å²) in [6.45, 7) is 2.90. The van der Waals surface area contributed by atoms with E-state index in [0.29, 0.717) is 0 Å². The molecule has 0 bridgehead atoms. The van der Waals surface area contributed by atoms with Crippen LogP contribution in [0.3, 0.4) is 0 Å². The van der Waals surface area contributed by atoms with Gasteiger partial charge >= 0.3 is 0 Å². The van der Waals surface area contributed by atoms with Crippen LogP contribution >= 0.6 is 0 Å². The van der Waals surface area contributed by atoms with Crippen LogP contribution in [0.4, 0.5) is 0 Å². The molecule has 1 aromatic rings. The molecule has 0 spiro atoms. The molecule has 1 unspecified atom stereocenters. The van der Waals surface area contributed by atoms with E-state index in [1.54, 1.807) is 0 Å². The summed E-state index contributed by atoms with van der Waals surface area (Å²) in [5, 5.41) is 12.1. The topological polar surface area (TPSA) is 41.5 Å². The summed E-state index contributed by atoms with van der Waals surface area (Å²) in [6.07, 6.45) is 1.97. The number of aliphatic hydroxyl groups is 1. The summed E-state index contributed by atoms with van der Waals surface area (Å²) < 4.78 is 5.68. The minimum atomic E-state index is 0.195. The largest absolute Gasteiger partial charge is 0.396 e. The number of aliphatic hydroxyl groups excluding tert-OH is 1. The molecule has 88 valence electrons. The molecular formula is C13H19NO2. The fraction of sp³-hybridized carbons (Fsp3) is 0.538. The van der Waals surface area contributed by atoms with E-state index in [1.165, 1.54) is 11.1 Å². The van der Waals surface area contributed by atoms with E-state index < -0.39 is 0 Å². The summed E-state index contributed by atoms with van der Waals surface area (Å²) in [4.78, 5) is 0. The Morgan fingerprint density at radius 2 is 2.12 bits per heavy atom. The van der Waals surface area contributed by atoms with Gasteiger partial charge < -0.3 is 15.2 Å². The van der Waals surface area contributed by atoms with Crippen molar-refractivity contribution < 1.29 is 9.84 Å². The Balaban J connectivity index is 1.95. The van der Waals surface area contributed by atoms with Crippen LogP contribution < -0.4 is 5.32 Å². The van der Waals surface area contributed by atoms with Crippen molar-refractivity contribution in [1.29, 1.82) is 0 Å². The average molecular weight is 221 g/mol. The quantitative estimate of drug-likeness (QED) is 0.804. The molecule has 1 saturated heterocycles. The van der Waals surface area contributed by atoms with E-state index in [0.717, 1.165) is 32.5 Å². The zero-order valence-electron chi connectivity index (χ0n) is 9.48. The van der Waals surface area contributed by atoms with Gasteiger partial charge in [0.05, 0.1) is 12.7 Å². The van der Waals surface area contributed by atoms with Crippen LogP contribution in [0.15, 0.2) is 24.3 Å². The molecule has 16 heavy (non-hydrogen) atoms. The normalized spacial score (nSPS) is 20.9. The lowest BCUT2D eigenvalue weighted by atomic mass is 10.0. The second-order valence-corrected chi connectivity index (χ2v) is 4.13. The van der Waals surface area contributed by atoms with Gasteiger partial charge in [-0.15, -0.1) is 0 Å². The first kappa shape index (κ1) is 11.6. The van der Waals surface area contributed by atoms with Gasteiger partial charge in [-0.2, -0.15) is 0 Å². The van der Waals surface area contributed by atoms with Gasteiger partial charge in [0, 0.05) is 19.7 Å². The van der Waals surface area contributed by atoms with Crippen molar-refractivity contribution >= 4 is 0 Å². The van der Waals surface area contributed by atoms with E-state index >= 15 is 0 Å². The van der Waals surface area contributed by atoms with Crippen molar-refractivity contribution in [3.8, 4) is 0 Å². The molecule has 3 nitrogen and oxygen atoms in total. The Kier molecular flexibility index (Phi) is 4.34. The monoisotopic (exact) mass is 221 g/mol. The fourth-order valence-corrected chi connectivity index (χ4v) is 1.96. The summed E-state index contributed by atoms with van der Waals surface area (Å²) in [6, 6.07) is 8.51. The summed E-state index contributed by atoms with van der Waals surface area (Å²) >= 11 is 0. The molecule has 0 radical (unpaired) electrons. The van der Waals surface area contributed by atoms with Crippen LogP contribution in [0.25, 0.3) is 0 Å². The SMILES string of the molecule is OCCCc1ccc(C2CNCCO2)cc1. The minimum absolute atomic E-state index is 0.195. The van der Waals surface area contributed by atoms with Crippen molar-refractivity contribution in [2.45, 2.75) is 18.9 Å². The zero-order valence-corrected chi connectivity index (χ0v) is 9.48. The highest BCUT2D eigenvalue weighted by Crippen LogP contribution is 2.19. The Morgan fingerprint density at radius 1 is 1.31 bits per heavy atom. The van der Waals surface area contributed by atoms with Gasteiger partial charge in [-0.1, -0.05) is 24.3 Å². The maximum atomic E-state index is 8.76. The molecule has 1 fully saturated rings. The maximum absolute atomic E-state index is 8.76. The number of hydrogen-bond acceptors (Lipinski definition) is 3. The number of hydrogen-bond donors (Lipinski definition) is 2. The number of morpholine rings is 1. The first-order chi connectivity index (χ1) is 7.90. The Hall–Kier alpha value is -0.900. The molecule has 1 atom stereocenters. The number of rotatable bonds is 4. The van der Waals surface area contributed by atoms with Gasteiger partial charge in [-0.3, -0.25) is 0 Å². The second kappa shape index (κ2) is 5.99. The first-order valence-corrected chi connectivity index (χ1v) is 5.92. The van der Waals surface area contributed by atoms with Crippen molar-refractivity contribution in [1.82, 2.24) is 5.32 Å².